The standard InChI is InChI=1S/C40H24N2O14S2/c43-35-27-5-1-23-24-2-6-29-34-30(38(46)42(37(29)45)16-18-10-20(40(49)50)14-22(12-18)58(54,55)56)8-4-26(32(24)34)25-3-7-28(33(27)31(23)25)36(44)41(35)15-17-9-19(39(47)48)13-21(11-17)57(51,52)53/h1-14,35,43H,15-16H2,(H,47,48)(H,49,50)(H,51,52,53)(H,54,55,56). The average molecular weight is 821 g/mol. The van der Waals surface area contributed by atoms with Crippen molar-refractivity contribution in [2.75, 3.05) is 0 Å². The molecule has 0 radical (unpaired) electrons. The summed E-state index contributed by atoms with van der Waals surface area (Å²) in [6.45, 7) is -0.937. The highest BCUT2D eigenvalue weighted by Crippen LogP contribution is 2.48. The molecule has 0 saturated heterocycles. The first-order valence-corrected chi connectivity index (χ1v) is 20.0. The first kappa shape index (κ1) is 36.8. The van der Waals surface area contributed by atoms with Crippen molar-refractivity contribution in [2.24, 2.45) is 0 Å². The first-order valence-electron chi connectivity index (χ1n) is 17.1. The Hall–Kier alpha value is -6.83. The summed E-state index contributed by atoms with van der Waals surface area (Å²) in [7, 11) is -9.67. The van der Waals surface area contributed by atoms with E-state index in [1.54, 1.807) is 36.4 Å². The Labute approximate surface area is 325 Å². The molecule has 0 bridgehead atoms. The molecular weight excluding hydrogens is 797 g/mol. The largest absolute Gasteiger partial charge is 0.478 e. The molecule has 18 heteroatoms. The van der Waals surface area contributed by atoms with Crippen molar-refractivity contribution < 1.29 is 65.2 Å². The monoisotopic (exact) mass is 820 g/mol. The quantitative estimate of drug-likeness (QED) is 0.0580. The summed E-state index contributed by atoms with van der Waals surface area (Å²) in [4.78, 5) is 66.2. The lowest BCUT2D eigenvalue weighted by molar-refractivity contribution is 0.000848. The van der Waals surface area contributed by atoms with Crippen LogP contribution in [0.4, 0.5) is 0 Å². The van der Waals surface area contributed by atoms with Crippen molar-refractivity contribution in [3.05, 3.63) is 129 Å². The van der Waals surface area contributed by atoms with Crippen LogP contribution in [0.3, 0.4) is 0 Å². The molecule has 0 aliphatic carbocycles. The van der Waals surface area contributed by atoms with Gasteiger partial charge in [0.15, 0.2) is 6.23 Å². The van der Waals surface area contributed by atoms with Gasteiger partial charge >= 0.3 is 11.9 Å². The molecule has 9 rings (SSSR count). The van der Waals surface area contributed by atoms with Crippen LogP contribution in [-0.2, 0) is 33.3 Å². The fraction of sp³-hybridized carbons (Fsp3) is 0.0750. The second kappa shape index (κ2) is 12.3. The molecule has 0 saturated carbocycles. The lowest BCUT2D eigenvalue weighted by Crippen LogP contribution is -2.39. The second-order valence-electron chi connectivity index (χ2n) is 14.0. The van der Waals surface area contributed by atoms with Gasteiger partial charge in [-0.05, 0) is 98.0 Å². The zero-order valence-electron chi connectivity index (χ0n) is 29.2. The van der Waals surface area contributed by atoms with Gasteiger partial charge in [-0.3, -0.25) is 28.4 Å². The topological polar surface area (TPSA) is 261 Å². The summed E-state index contributed by atoms with van der Waals surface area (Å²) in [5, 5.41) is 35.2. The minimum Gasteiger partial charge on any atom is -0.478 e. The highest BCUT2D eigenvalue weighted by Gasteiger charge is 2.37. The van der Waals surface area contributed by atoms with Crippen molar-refractivity contribution >= 4 is 93.0 Å². The number of aliphatic hydroxyl groups is 1. The number of benzene rings is 7. The highest BCUT2D eigenvalue weighted by molar-refractivity contribution is 7.86. The van der Waals surface area contributed by atoms with Gasteiger partial charge < -0.3 is 20.2 Å². The molecule has 16 nitrogen and oxygen atoms in total. The van der Waals surface area contributed by atoms with Gasteiger partial charge in [0.05, 0.1) is 27.5 Å². The molecule has 1 unspecified atom stereocenters. The van der Waals surface area contributed by atoms with E-state index in [4.69, 9.17) is 0 Å². The van der Waals surface area contributed by atoms with Gasteiger partial charge in [0.1, 0.15) is 0 Å². The van der Waals surface area contributed by atoms with E-state index in [2.05, 4.69) is 0 Å². The number of amides is 3. The maximum atomic E-state index is 14.1. The summed E-state index contributed by atoms with van der Waals surface area (Å²) >= 11 is 0. The number of hydrogen-bond donors (Lipinski definition) is 5. The Morgan fingerprint density at radius 1 is 0.534 bits per heavy atom. The predicted octanol–water partition coefficient (Wildman–Crippen LogP) is 5.07. The molecule has 5 N–H and O–H groups in total. The molecule has 290 valence electrons. The van der Waals surface area contributed by atoms with Crippen LogP contribution in [0.1, 0.15) is 74.7 Å². The van der Waals surface area contributed by atoms with Crippen LogP contribution in [0.2, 0.25) is 0 Å². The highest BCUT2D eigenvalue weighted by atomic mass is 32.2. The van der Waals surface area contributed by atoms with Crippen LogP contribution in [-0.4, -0.2) is 80.7 Å². The molecular formula is C40H24N2O14S2. The van der Waals surface area contributed by atoms with Gasteiger partial charge in [0.25, 0.3) is 38.0 Å². The van der Waals surface area contributed by atoms with Crippen molar-refractivity contribution in [2.45, 2.75) is 29.1 Å². The van der Waals surface area contributed by atoms with E-state index in [9.17, 15) is 65.2 Å². The number of carboxylic acids is 2. The van der Waals surface area contributed by atoms with Gasteiger partial charge in [-0.2, -0.15) is 16.8 Å². The maximum absolute atomic E-state index is 14.1. The molecule has 7 aromatic carbocycles. The maximum Gasteiger partial charge on any atom is 0.335 e. The van der Waals surface area contributed by atoms with Gasteiger partial charge in [-0.15, -0.1) is 0 Å². The zero-order valence-corrected chi connectivity index (χ0v) is 30.8. The molecule has 58 heavy (non-hydrogen) atoms. The van der Waals surface area contributed by atoms with E-state index in [0.717, 1.165) is 46.2 Å². The summed E-state index contributed by atoms with van der Waals surface area (Å²) in [6.07, 6.45) is -1.57. The van der Waals surface area contributed by atoms with Gasteiger partial charge in [-0.25, -0.2) is 9.59 Å². The fourth-order valence-corrected chi connectivity index (χ4v) is 9.36. The molecule has 1 atom stereocenters. The average Bonchev–Trinajstić information content (AvgIpc) is 3.17. The number of imide groups is 1. The Morgan fingerprint density at radius 3 is 1.40 bits per heavy atom. The molecule has 2 aliphatic heterocycles. The van der Waals surface area contributed by atoms with Crippen LogP contribution in [0.15, 0.2) is 94.7 Å². The molecule has 7 aromatic rings. The number of fused-ring (bicyclic) bond motifs is 2. The third kappa shape index (κ3) is 5.41. The molecule has 0 spiro atoms. The lowest BCUT2D eigenvalue weighted by atomic mass is 9.82. The molecule has 0 fully saturated rings. The number of carbonyl (C=O) groups excluding carboxylic acids is 3. The first-order chi connectivity index (χ1) is 27.3. The van der Waals surface area contributed by atoms with Crippen molar-refractivity contribution in [1.82, 2.24) is 9.80 Å². The van der Waals surface area contributed by atoms with Crippen LogP contribution in [0.5, 0.6) is 0 Å². The predicted molar refractivity (Wildman–Crippen MR) is 203 cm³/mol. The third-order valence-corrected chi connectivity index (χ3v) is 12.3. The number of rotatable bonds is 8. The number of aromatic carboxylic acids is 2. The Balaban J connectivity index is 1.16. The SMILES string of the molecule is O=C(O)c1cc(CN2C(=O)c3ccc4c5ccc6c7c(ccc(c8ccc(c3c48)C2=O)c75)C(O)N(Cc2cc(C(=O)O)cc(S(=O)(=O)O)c2)C6=O)cc(S(=O)(=O)O)c1. The second-order valence-corrected chi connectivity index (χ2v) is 16.8. The number of carboxylic acid groups (broad SMARTS) is 2. The summed E-state index contributed by atoms with van der Waals surface area (Å²) < 4.78 is 66.9. The Kier molecular flexibility index (Phi) is 7.82. The third-order valence-electron chi connectivity index (χ3n) is 10.7. The van der Waals surface area contributed by atoms with Crippen molar-refractivity contribution in [1.29, 1.82) is 0 Å². The van der Waals surface area contributed by atoms with Crippen LogP contribution < -0.4 is 0 Å². The Morgan fingerprint density at radius 2 is 0.948 bits per heavy atom. The van der Waals surface area contributed by atoms with Gasteiger partial charge in [-0.1, -0.05) is 30.3 Å². The number of aliphatic hydroxyl groups excluding tert-OH is 1. The summed E-state index contributed by atoms with van der Waals surface area (Å²) in [6, 6.07) is 18.7. The number of nitrogens with zero attached hydrogens (tertiary/aromatic N) is 2. The van der Waals surface area contributed by atoms with E-state index in [-0.39, 0.29) is 27.8 Å². The smallest absolute Gasteiger partial charge is 0.335 e. The lowest BCUT2D eigenvalue weighted by Gasteiger charge is -2.35. The minimum absolute atomic E-state index is 0.0157. The molecule has 3 amide bonds. The van der Waals surface area contributed by atoms with Crippen molar-refractivity contribution in [3.8, 4) is 0 Å². The molecule has 2 aliphatic rings. The van der Waals surface area contributed by atoms with E-state index >= 15 is 0 Å². The Bertz CT molecular complexity index is 3270. The molecule has 2 heterocycles. The van der Waals surface area contributed by atoms with E-state index in [1.807, 2.05) is 0 Å². The fourth-order valence-electron chi connectivity index (χ4n) is 8.21. The van der Waals surface area contributed by atoms with Gasteiger partial charge in [0, 0.05) is 39.6 Å². The minimum atomic E-state index is -4.84. The van der Waals surface area contributed by atoms with Crippen LogP contribution >= 0.6 is 0 Å². The number of carbonyl (C=O) groups is 5. The van der Waals surface area contributed by atoms with E-state index in [0.29, 0.717) is 48.7 Å². The summed E-state index contributed by atoms with van der Waals surface area (Å²) in [5.74, 6) is -5.10. The van der Waals surface area contributed by atoms with Crippen LogP contribution in [0, 0.1) is 0 Å². The zero-order chi connectivity index (χ0) is 41.3. The van der Waals surface area contributed by atoms with E-state index in [1.165, 1.54) is 12.1 Å². The molecule has 0 aromatic heterocycles. The van der Waals surface area contributed by atoms with Gasteiger partial charge in [0.2, 0.25) is 0 Å². The normalized spacial score (nSPS) is 15.7. The number of hydrogen-bond acceptors (Lipinski definition) is 10. The summed E-state index contributed by atoms with van der Waals surface area (Å²) in [5.41, 5.74) is -0.189. The van der Waals surface area contributed by atoms with Crippen molar-refractivity contribution in [3.63, 3.8) is 0 Å². The van der Waals surface area contributed by atoms with E-state index < -0.39 is 90.1 Å². The van der Waals surface area contributed by atoms with Crippen LogP contribution in [0.25, 0.3) is 43.1 Å².